The first kappa shape index (κ1) is 12.5. The summed E-state index contributed by atoms with van der Waals surface area (Å²) in [7, 11) is 0. The molecule has 4 heteroatoms. The molecule has 0 aliphatic heterocycles. The van der Waals surface area contributed by atoms with Gasteiger partial charge in [0.1, 0.15) is 5.92 Å². The zero-order valence-corrected chi connectivity index (χ0v) is 10.7. The van der Waals surface area contributed by atoms with E-state index in [1.165, 1.54) is 17.6 Å². The summed E-state index contributed by atoms with van der Waals surface area (Å²) in [5, 5.41) is 9.23. The first-order valence-electron chi connectivity index (χ1n) is 5.55. The van der Waals surface area contributed by atoms with Gasteiger partial charge in [0.05, 0.1) is 5.69 Å². The zero-order valence-electron chi connectivity index (χ0n) is 9.91. The molecule has 1 atom stereocenters. The van der Waals surface area contributed by atoms with Crippen LogP contribution in [0.15, 0.2) is 47.5 Å². The van der Waals surface area contributed by atoms with Crippen molar-refractivity contribution >= 4 is 29.2 Å². The van der Waals surface area contributed by atoms with Crippen molar-refractivity contribution in [2.45, 2.75) is 12.8 Å². The Kier molecular flexibility index (Phi) is 3.89. The van der Waals surface area contributed by atoms with Gasteiger partial charge in [0.15, 0.2) is 0 Å². The largest absolute Gasteiger partial charge is 0.480 e. The van der Waals surface area contributed by atoms with Crippen molar-refractivity contribution < 1.29 is 9.90 Å². The predicted octanol–water partition coefficient (Wildman–Crippen LogP) is 3.63. The van der Waals surface area contributed by atoms with Gasteiger partial charge in [0.25, 0.3) is 0 Å². The average molecular weight is 259 g/mol. The molecule has 18 heavy (non-hydrogen) atoms. The number of carboxylic acids is 1. The molecule has 0 amide bonds. The van der Waals surface area contributed by atoms with E-state index < -0.39 is 11.9 Å². The smallest absolute Gasteiger partial charge is 0.317 e. The van der Waals surface area contributed by atoms with E-state index in [1.807, 2.05) is 49.4 Å². The Morgan fingerprint density at radius 2 is 2.00 bits per heavy atom. The lowest BCUT2D eigenvalue weighted by atomic mass is 10.1. The number of carboxylic acid groups (broad SMARTS) is 1. The van der Waals surface area contributed by atoms with Crippen molar-refractivity contribution in [3.8, 4) is 0 Å². The molecule has 0 bridgehead atoms. The summed E-state index contributed by atoms with van der Waals surface area (Å²) < 4.78 is 0. The highest BCUT2D eigenvalue weighted by Crippen LogP contribution is 2.24. The summed E-state index contributed by atoms with van der Waals surface area (Å²) >= 11 is 1.49. The van der Waals surface area contributed by atoms with E-state index in [0.717, 1.165) is 15.4 Å². The SMILES string of the molecule is Cc1ccc(C(C=Nc2ccccc2)C(=O)O)s1. The van der Waals surface area contributed by atoms with Crippen molar-refractivity contribution in [3.05, 3.63) is 52.2 Å². The third-order valence-electron chi connectivity index (χ3n) is 2.46. The molecule has 1 aromatic carbocycles. The number of para-hydroxylation sites is 1. The minimum atomic E-state index is -0.878. The van der Waals surface area contributed by atoms with Gasteiger partial charge in [-0.05, 0) is 31.2 Å². The fourth-order valence-corrected chi connectivity index (χ4v) is 2.49. The van der Waals surface area contributed by atoms with E-state index in [0.29, 0.717) is 0 Å². The van der Waals surface area contributed by atoms with Crippen molar-refractivity contribution in [3.63, 3.8) is 0 Å². The fraction of sp³-hybridized carbons (Fsp3) is 0.143. The molecule has 92 valence electrons. The van der Waals surface area contributed by atoms with Gasteiger partial charge >= 0.3 is 5.97 Å². The molecular weight excluding hydrogens is 246 g/mol. The van der Waals surface area contributed by atoms with Crippen molar-refractivity contribution in [1.29, 1.82) is 0 Å². The molecule has 0 saturated carbocycles. The lowest BCUT2D eigenvalue weighted by Gasteiger charge is -2.03. The van der Waals surface area contributed by atoms with E-state index >= 15 is 0 Å². The predicted molar refractivity (Wildman–Crippen MR) is 74.0 cm³/mol. The molecule has 1 aromatic heterocycles. The van der Waals surface area contributed by atoms with Crippen molar-refractivity contribution in [1.82, 2.24) is 0 Å². The maximum absolute atomic E-state index is 11.2. The van der Waals surface area contributed by atoms with E-state index in [1.54, 1.807) is 0 Å². The van der Waals surface area contributed by atoms with Gasteiger partial charge in [-0.15, -0.1) is 11.3 Å². The van der Waals surface area contributed by atoms with Crippen LogP contribution in [0.1, 0.15) is 15.7 Å². The van der Waals surface area contributed by atoms with E-state index in [9.17, 15) is 9.90 Å². The average Bonchev–Trinajstić information content (AvgIpc) is 2.77. The van der Waals surface area contributed by atoms with Crippen LogP contribution in [0.3, 0.4) is 0 Å². The molecule has 2 rings (SSSR count). The first-order chi connectivity index (χ1) is 8.66. The second-order valence-corrected chi connectivity index (χ2v) is 5.20. The summed E-state index contributed by atoms with van der Waals surface area (Å²) in [5.41, 5.74) is 0.761. The number of hydrogen-bond acceptors (Lipinski definition) is 3. The Hall–Kier alpha value is -1.94. The summed E-state index contributed by atoms with van der Waals surface area (Å²) in [5.74, 6) is -1.56. The highest BCUT2D eigenvalue weighted by Gasteiger charge is 2.19. The van der Waals surface area contributed by atoms with Crippen LogP contribution >= 0.6 is 11.3 Å². The summed E-state index contributed by atoms with van der Waals surface area (Å²) in [6.45, 7) is 1.96. The molecule has 0 radical (unpaired) electrons. The van der Waals surface area contributed by atoms with Crippen LogP contribution in [0.4, 0.5) is 5.69 Å². The molecule has 0 spiro atoms. The van der Waals surface area contributed by atoms with Gasteiger partial charge in [-0.1, -0.05) is 18.2 Å². The van der Waals surface area contributed by atoms with E-state index in [4.69, 9.17) is 0 Å². The Morgan fingerprint density at radius 3 is 2.56 bits per heavy atom. The molecule has 3 nitrogen and oxygen atoms in total. The third kappa shape index (κ3) is 3.05. The fourth-order valence-electron chi connectivity index (χ4n) is 1.55. The maximum atomic E-state index is 11.2. The van der Waals surface area contributed by atoms with Crippen LogP contribution in [-0.2, 0) is 4.79 Å². The quantitative estimate of drug-likeness (QED) is 0.852. The standard InChI is InChI=1S/C14H13NO2S/c1-10-7-8-13(18-10)12(14(16)17)9-15-11-5-3-2-4-6-11/h2-9,12H,1H3,(H,16,17). The third-order valence-corrected chi connectivity index (χ3v) is 3.55. The van der Waals surface area contributed by atoms with E-state index in [2.05, 4.69) is 4.99 Å². The molecule has 1 unspecified atom stereocenters. The van der Waals surface area contributed by atoms with Gasteiger partial charge in [-0.25, -0.2) is 0 Å². The number of hydrogen-bond donors (Lipinski definition) is 1. The molecule has 0 saturated heterocycles. The van der Waals surface area contributed by atoms with Crippen LogP contribution < -0.4 is 0 Å². The second-order valence-electron chi connectivity index (χ2n) is 3.88. The topological polar surface area (TPSA) is 49.7 Å². The van der Waals surface area contributed by atoms with Crippen molar-refractivity contribution in [2.75, 3.05) is 0 Å². The minimum absolute atomic E-state index is 0.677. The Bertz CT molecular complexity index is 560. The minimum Gasteiger partial charge on any atom is -0.480 e. The van der Waals surface area contributed by atoms with Gasteiger partial charge in [0.2, 0.25) is 0 Å². The number of carbonyl (C=O) groups is 1. The number of aliphatic carboxylic acids is 1. The van der Waals surface area contributed by atoms with Crippen LogP contribution in [0, 0.1) is 6.92 Å². The lowest BCUT2D eigenvalue weighted by molar-refractivity contribution is -0.136. The molecule has 1 heterocycles. The van der Waals surface area contributed by atoms with E-state index in [-0.39, 0.29) is 0 Å². The number of nitrogens with zero attached hydrogens (tertiary/aromatic N) is 1. The monoisotopic (exact) mass is 259 g/mol. The lowest BCUT2D eigenvalue weighted by Crippen LogP contribution is -2.11. The number of aryl methyl sites for hydroxylation is 1. The number of aliphatic imine (C=N–C) groups is 1. The molecule has 0 fully saturated rings. The van der Waals surface area contributed by atoms with Gasteiger partial charge in [-0.3, -0.25) is 9.79 Å². The molecule has 0 aliphatic rings. The molecule has 2 aromatic rings. The number of rotatable bonds is 4. The molecular formula is C14H13NO2S. The Balaban J connectivity index is 2.22. The van der Waals surface area contributed by atoms with Gasteiger partial charge < -0.3 is 5.11 Å². The summed E-state index contributed by atoms with van der Waals surface area (Å²) in [6.07, 6.45) is 1.49. The summed E-state index contributed by atoms with van der Waals surface area (Å²) in [4.78, 5) is 17.4. The second kappa shape index (κ2) is 5.60. The Labute approximate surface area is 109 Å². The van der Waals surface area contributed by atoms with Crippen LogP contribution in [0.5, 0.6) is 0 Å². The zero-order chi connectivity index (χ0) is 13.0. The highest BCUT2D eigenvalue weighted by molar-refractivity contribution is 7.12. The highest BCUT2D eigenvalue weighted by atomic mass is 32.1. The maximum Gasteiger partial charge on any atom is 0.317 e. The van der Waals surface area contributed by atoms with Gasteiger partial charge in [0, 0.05) is 16.0 Å². The van der Waals surface area contributed by atoms with Crippen LogP contribution in [0.2, 0.25) is 0 Å². The first-order valence-corrected chi connectivity index (χ1v) is 6.37. The number of benzene rings is 1. The van der Waals surface area contributed by atoms with Crippen molar-refractivity contribution in [2.24, 2.45) is 4.99 Å². The van der Waals surface area contributed by atoms with Crippen LogP contribution in [0.25, 0.3) is 0 Å². The Morgan fingerprint density at radius 1 is 1.28 bits per heavy atom. The van der Waals surface area contributed by atoms with Crippen LogP contribution in [-0.4, -0.2) is 17.3 Å². The molecule has 0 aliphatic carbocycles. The normalized spacial score (nSPS) is 12.7. The van der Waals surface area contributed by atoms with Gasteiger partial charge in [-0.2, -0.15) is 0 Å². The summed E-state index contributed by atoms with van der Waals surface area (Å²) in [6, 6.07) is 13.1. The number of thiophene rings is 1. The molecule has 1 N–H and O–H groups in total.